The summed E-state index contributed by atoms with van der Waals surface area (Å²) < 4.78 is 13.0. The fourth-order valence-corrected chi connectivity index (χ4v) is 3.09. The number of hydrogen-bond acceptors (Lipinski definition) is 5. The average molecular weight is 385 g/mol. The third-order valence-corrected chi connectivity index (χ3v) is 4.41. The molecule has 1 aromatic heterocycles. The van der Waals surface area contributed by atoms with Gasteiger partial charge in [-0.2, -0.15) is 5.10 Å². The van der Waals surface area contributed by atoms with Crippen molar-refractivity contribution in [2.75, 3.05) is 18.5 Å². The molecule has 1 aliphatic heterocycles. The quantitative estimate of drug-likeness (QED) is 0.746. The maximum atomic E-state index is 12.8. The van der Waals surface area contributed by atoms with Gasteiger partial charge in [-0.1, -0.05) is 29.8 Å². The molecule has 1 N–H and O–H groups in total. The van der Waals surface area contributed by atoms with Crippen LogP contribution in [0.3, 0.4) is 0 Å². The number of benzene rings is 2. The minimum Gasteiger partial charge on any atom is -0.489 e. The van der Waals surface area contributed by atoms with Gasteiger partial charge in [-0.25, -0.2) is 9.67 Å². The molecule has 138 valence electrons. The summed E-state index contributed by atoms with van der Waals surface area (Å²) >= 11 is 6.29. The van der Waals surface area contributed by atoms with E-state index >= 15 is 0 Å². The highest BCUT2D eigenvalue weighted by molar-refractivity contribution is 6.32. The molecule has 0 unspecified atom stereocenters. The fourth-order valence-electron chi connectivity index (χ4n) is 2.83. The van der Waals surface area contributed by atoms with Crippen LogP contribution in [0.4, 0.5) is 5.69 Å². The van der Waals surface area contributed by atoms with Crippen molar-refractivity contribution in [3.8, 4) is 11.5 Å². The smallest absolute Gasteiger partial charge is 0.255 e. The predicted molar refractivity (Wildman–Crippen MR) is 101 cm³/mol. The summed E-state index contributed by atoms with van der Waals surface area (Å²) in [6.45, 7) is 1.56. The van der Waals surface area contributed by atoms with Crippen LogP contribution in [-0.2, 0) is 6.54 Å². The lowest BCUT2D eigenvalue weighted by molar-refractivity contribution is 0.102. The van der Waals surface area contributed by atoms with E-state index in [2.05, 4.69) is 15.4 Å². The summed E-state index contributed by atoms with van der Waals surface area (Å²) in [4.78, 5) is 16.7. The Balaban J connectivity index is 1.58. The third kappa shape index (κ3) is 3.88. The lowest BCUT2D eigenvalue weighted by atomic mass is 10.1. The predicted octanol–water partition coefficient (Wildman–Crippen LogP) is 3.39. The number of halogens is 1. The number of rotatable bonds is 4. The molecule has 0 radical (unpaired) electrons. The molecule has 1 amide bonds. The molecule has 3 aromatic rings. The molecule has 0 fully saturated rings. The summed E-state index contributed by atoms with van der Waals surface area (Å²) in [5.41, 5.74) is 2.01. The van der Waals surface area contributed by atoms with Crippen molar-refractivity contribution < 1.29 is 14.3 Å². The highest BCUT2D eigenvalue weighted by Gasteiger charge is 2.19. The Morgan fingerprint density at radius 2 is 2.07 bits per heavy atom. The Morgan fingerprint density at radius 1 is 1.22 bits per heavy atom. The molecule has 0 saturated heterocycles. The Bertz CT molecular complexity index is 960. The van der Waals surface area contributed by atoms with E-state index in [4.69, 9.17) is 21.1 Å². The lowest BCUT2D eigenvalue weighted by Crippen LogP contribution is -2.14. The zero-order valence-electron chi connectivity index (χ0n) is 14.4. The van der Waals surface area contributed by atoms with Gasteiger partial charge in [0.1, 0.15) is 12.7 Å². The van der Waals surface area contributed by atoms with Gasteiger partial charge in [0, 0.05) is 17.7 Å². The highest BCUT2D eigenvalue weighted by atomic mass is 35.5. The molecule has 8 heteroatoms. The molecule has 27 heavy (non-hydrogen) atoms. The van der Waals surface area contributed by atoms with Crippen molar-refractivity contribution in [1.82, 2.24) is 14.8 Å². The van der Waals surface area contributed by atoms with Crippen LogP contribution in [0, 0.1) is 0 Å². The minimum absolute atomic E-state index is 0.279. The first-order valence-electron chi connectivity index (χ1n) is 8.51. The van der Waals surface area contributed by atoms with Gasteiger partial charge in [-0.15, -0.1) is 0 Å². The molecule has 0 bridgehead atoms. The van der Waals surface area contributed by atoms with E-state index in [0.717, 1.165) is 12.0 Å². The maximum Gasteiger partial charge on any atom is 0.255 e. The van der Waals surface area contributed by atoms with Crippen molar-refractivity contribution in [3.63, 3.8) is 0 Å². The fraction of sp³-hybridized carbons (Fsp3) is 0.211. The number of hydrogen-bond donors (Lipinski definition) is 1. The van der Waals surface area contributed by atoms with E-state index in [1.54, 1.807) is 23.1 Å². The number of nitrogens with one attached hydrogen (secondary N) is 1. The number of aromatic nitrogens is 3. The van der Waals surface area contributed by atoms with Crippen LogP contribution in [-0.4, -0.2) is 33.9 Å². The van der Waals surface area contributed by atoms with Gasteiger partial charge >= 0.3 is 0 Å². The van der Waals surface area contributed by atoms with E-state index in [1.807, 2.05) is 24.3 Å². The minimum atomic E-state index is -0.279. The first-order chi connectivity index (χ1) is 13.2. The van der Waals surface area contributed by atoms with Crippen LogP contribution < -0.4 is 14.8 Å². The first-order valence-corrected chi connectivity index (χ1v) is 8.89. The molecule has 0 aliphatic carbocycles. The number of para-hydroxylation sites is 1. The van der Waals surface area contributed by atoms with Crippen LogP contribution in [0.2, 0.25) is 5.02 Å². The molecule has 1 aliphatic rings. The van der Waals surface area contributed by atoms with Gasteiger partial charge < -0.3 is 14.8 Å². The van der Waals surface area contributed by atoms with Crippen molar-refractivity contribution in [2.45, 2.75) is 13.0 Å². The molecule has 0 spiro atoms. The monoisotopic (exact) mass is 384 g/mol. The summed E-state index contributed by atoms with van der Waals surface area (Å²) in [7, 11) is 0. The number of anilines is 1. The molecule has 0 atom stereocenters. The molecule has 4 rings (SSSR count). The third-order valence-electron chi connectivity index (χ3n) is 4.13. The molecule has 7 nitrogen and oxygen atoms in total. The van der Waals surface area contributed by atoms with Crippen LogP contribution in [0.25, 0.3) is 0 Å². The number of ether oxygens (including phenoxy) is 2. The highest BCUT2D eigenvalue weighted by Crippen LogP contribution is 2.38. The normalized spacial score (nSPS) is 13.1. The Kier molecular flexibility index (Phi) is 4.93. The zero-order valence-corrected chi connectivity index (χ0v) is 15.1. The number of amides is 1. The number of nitrogens with zero attached hydrogens (tertiary/aromatic N) is 3. The number of fused-ring (bicyclic) bond motifs is 1. The van der Waals surface area contributed by atoms with Crippen LogP contribution in [0.15, 0.2) is 49.1 Å². The summed E-state index contributed by atoms with van der Waals surface area (Å²) in [6.07, 6.45) is 3.87. The second-order valence-electron chi connectivity index (χ2n) is 6.04. The number of carbonyl (C=O) groups excluding carboxylic acids is 1. The van der Waals surface area contributed by atoms with Gasteiger partial charge in [-0.05, 0) is 23.8 Å². The summed E-state index contributed by atoms with van der Waals surface area (Å²) in [6, 6.07) is 10.8. The van der Waals surface area contributed by atoms with E-state index in [-0.39, 0.29) is 5.91 Å². The van der Waals surface area contributed by atoms with Gasteiger partial charge in [0.15, 0.2) is 11.5 Å². The van der Waals surface area contributed by atoms with Gasteiger partial charge in [0.25, 0.3) is 5.91 Å². The molecule has 2 aromatic carbocycles. The van der Waals surface area contributed by atoms with Crippen LogP contribution in [0.5, 0.6) is 11.5 Å². The molecular formula is C19H17ClN4O3. The Hall–Kier alpha value is -3.06. The van der Waals surface area contributed by atoms with Crippen molar-refractivity contribution >= 4 is 23.2 Å². The largest absolute Gasteiger partial charge is 0.489 e. The molecular weight excluding hydrogens is 368 g/mol. The zero-order chi connectivity index (χ0) is 18.6. The summed E-state index contributed by atoms with van der Waals surface area (Å²) in [5, 5.41) is 7.39. The van der Waals surface area contributed by atoms with Crippen molar-refractivity contribution in [1.29, 1.82) is 0 Å². The van der Waals surface area contributed by atoms with Gasteiger partial charge in [0.05, 0.1) is 24.8 Å². The summed E-state index contributed by atoms with van der Waals surface area (Å²) in [5.74, 6) is 0.692. The number of carbonyl (C=O) groups is 1. The SMILES string of the molecule is O=C(Nc1ccccc1Cn1cncn1)c1cc(Cl)c2c(c1)OCCCO2. The van der Waals surface area contributed by atoms with Crippen LogP contribution in [0.1, 0.15) is 22.3 Å². The molecule has 0 saturated carbocycles. The Labute approximate surface area is 160 Å². The first kappa shape index (κ1) is 17.4. The standard InChI is InChI=1S/C19H17ClN4O3/c20-15-8-14(9-17-18(15)27-7-3-6-26-17)19(25)23-16-5-2-1-4-13(16)10-24-12-21-11-22-24/h1-2,4-5,8-9,11-12H,3,6-7,10H2,(H,23,25). The van der Waals surface area contributed by atoms with Crippen molar-refractivity contribution in [2.24, 2.45) is 0 Å². The van der Waals surface area contributed by atoms with E-state index in [9.17, 15) is 4.79 Å². The van der Waals surface area contributed by atoms with Crippen molar-refractivity contribution in [3.05, 3.63) is 65.2 Å². The van der Waals surface area contributed by atoms with E-state index < -0.39 is 0 Å². The second kappa shape index (κ2) is 7.67. The van der Waals surface area contributed by atoms with Gasteiger partial charge in [-0.3, -0.25) is 4.79 Å². The van der Waals surface area contributed by atoms with E-state index in [1.165, 1.54) is 6.33 Å². The average Bonchev–Trinajstić information content (AvgIpc) is 3.05. The second-order valence-corrected chi connectivity index (χ2v) is 6.45. The van der Waals surface area contributed by atoms with Crippen LogP contribution >= 0.6 is 11.6 Å². The van der Waals surface area contributed by atoms with Gasteiger partial charge in [0.2, 0.25) is 0 Å². The Morgan fingerprint density at radius 3 is 2.93 bits per heavy atom. The van der Waals surface area contributed by atoms with E-state index in [0.29, 0.717) is 47.5 Å². The maximum absolute atomic E-state index is 12.8. The lowest BCUT2D eigenvalue weighted by Gasteiger charge is -2.13. The molecule has 2 heterocycles. The topological polar surface area (TPSA) is 78.3 Å².